The molecule has 0 amide bonds. The Morgan fingerprint density at radius 3 is 1.12 bits per heavy atom. The van der Waals surface area contributed by atoms with E-state index in [4.69, 9.17) is 40.5 Å². The summed E-state index contributed by atoms with van der Waals surface area (Å²) in [6, 6.07) is 18.7. The van der Waals surface area contributed by atoms with E-state index in [9.17, 15) is 0 Å². The van der Waals surface area contributed by atoms with Gasteiger partial charge in [-0.25, -0.2) is 9.98 Å². The van der Waals surface area contributed by atoms with Crippen LogP contribution in [0.3, 0.4) is 0 Å². The van der Waals surface area contributed by atoms with Crippen molar-refractivity contribution in [1.29, 1.82) is 0 Å². The van der Waals surface area contributed by atoms with Gasteiger partial charge in [0.25, 0.3) is 0 Å². The van der Waals surface area contributed by atoms with Gasteiger partial charge >= 0.3 is 10.4 Å². The highest BCUT2D eigenvalue weighted by Crippen LogP contribution is 2.08. The Morgan fingerprint density at radius 2 is 0.920 bits per heavy atom. The molecule has 0 saturated carbocycles. The molecule has 2 aromatic rings. The van der Waals surface area contributed by atoms with Crippen molar-refractivity contribution in [1.82, 2.24) is 0 Å². The molecule has 10 N–H and O–H groups in total. The van der Waals surface area contributed by atoms with Crippen LogP contribution in [0.2, 0.25) is 0 Å². The number of aliphatic imine (C=N–C) groups is 2. The lowest BCUT2D eigenvalue weighted by atomic mass is 10.3. The lowest BCUT2D eigenvalue weighted by Gasteiger charge is -1.91. The summed E-state index contributed by atoms with van der Waals surface area (Å²) in [5.41, 5.74) is 22.2. The first-order valence-corrected chi connectivity index (χ1v) is 7.97. The first kappa shape index (κ1) is 21.9. The van der Waals surface area contributed by atoms with Gasteiger partial charge in [-0.05, 0) is 24.3 Å². The van der Waals surface area contributed by atoms with Crippen molar-refractivity contribution in [3.63, 3.8) is 0 Å². The van der Waals surface area contributed by atoms with E-state index in [1.54, 1.807) is 0 Å². The summed E-state index contributed by atoms with van der Waals surface area (Å²) in [7, 11) is -4.67. The third kappa shape index (κ3) is 17.0. The average Bonchev–Trinajstić information content (AvgIpc) is 2.47. The second kappa shape index (κ2) is 11.4. The van der Waals surface area contributed by atoms with Crippen LogP contribution in [-0.4, -0.2) is 29.4 Å². The highest BCUT2D eigenvalue weighted by molar-refractivity contribution is 7.79. The number of hydrogen-bond acceptors (Lipinski definition) is 4. The molecule has 11 heteroatoms. The quantitative estimate of drug-likeness (QED) is 0.250. The van der Waals surface area contributed by atoms with E-state index in [1.807, 2.05) is 60.7 Å². The average molecular weight is 368 g/mol. The Kier molecular flexibility index (Phi) is 9.96. The second-order valence-electron chi connectivity index (χ2n) is 4.19. The van der Waals surface area contributed by atoms with Crippen LogP contribution in [-0.2, 0) is 10.4 Å². The summed E-state index contributed by atoms with van der Waals surface area (Å²) in [6.45, 7) is 0. The van der Waals surface area contributed by atoms with Gasteiger partial charge in [-0.3, -0.25) is 9.11 Å². The van der Waals surface area contributed by atoms with E-state index < -0.39 is 10.4 Å². The van der Waals surface area contributed by atoms with Crippen LogP contribution in [0, 0.1) is 0 Å². The Morgan fingerprint density at radius 1 is 0.680 bits per heavy atom. The third-order valence-electron chi connectivity index (χ3n) is 2.03. The smallest absolute Gasteiger partial charge is 0.370 e. The molecule has 0 aromatic heterocycles. The summed E-state index contributed by atoms with van der Waals surface area (Å²) in [6.07, 6.45) is 0. The molecule has 25 heavy (non-hydrogen) atoms. The van der Waals surface area contributed by atoms with Gasteiger partial charge in [-0.1, -0.05) is 36.4 Å². The summed E-state index contributed by atoms with van der Waals surface area (Å²) < 4.78 is 31.6. The highest BCUT2D eigenvalue weighted by Gasteiger charge is 1.85. The van der Waals surface area contributed by atoms with Crippen molar-refractivity contribution in [2.75, 3.05) is 0 Å². The van der Waals surface area contributed by atoms with Crippen LogP contribution < -0.4 is 22.9 Å². The number of benzene rings is 2. The molecule has 2 aromatic carbocycles. The van der Waals surface area contributed by atoms with Crippen LogP contribution in [0.4, 0.5) is 11.4 Å². The number of nitrogens with zero attached hydrogens (tertiary/aromatic N) is 2. The molecule has 0 radical (unpaired) electrons. The van der Waals surface area contributed by atoms with Gasteiger partial charge in [0.2, 0.25) is 0 Å². The Bertz CT molecular complexity index is 710. The van der Waals surface area contributed by atoms with Gasteiger partial charge in [0, 0.05) is 0 Å². The molecule has 0 bridgehead atoms. The van der Waals surface area contributed by atoms with Crippen molar-refractivity contribution in [2.45, 2.75) is 0 Å². The van der Waals surface area contributed by atoms with Crippen LogP contribution in [0.25, 0.3) is 0 Å². The highest BCUT2D eigenvalue weighted by atomic mass is 32.3. The normalized spacial score (nSPS) is 9.36. The number of para-hydroxylation sites is 2. The predicted molar refractivity (Wildman–Crippen MR) is 98.0 cm³/mol. The van der Waals surface area contributed by atoms with E-state index >= 15 is 0 Å². The van der Waals surface area contributed by atoms with Crippen molar-refractivity contribution in [2.24, 2.45) is 32.9 Å². The molecule has 0 aliphatic heterocycles. The molecule has 0 unspecified atom stereocenters. The standard InChI is InChI=1S/2C7H9N3.H2O4S/c2*8-7(9)10-6-4-2-1-3-5-6;1-5(2,3)4/h2*1-5H,(H4,8,9,10);(H2,1,2,3,4). The molecular formula is C14H20N6O4S. The van der Waals surface area contributed by atoms with E-state index in [0.717, 1.165) is 11.4 Å². The summed E-state index contributed by atoms with van der Waals surface area (Å²) in [5, 5.41) is 0. The van der Waals surface area contributed by atoms with Crippen LogP contribution in [0.15, 0.2) is 70.6 Å². The molecule has 136 valence electrons. The van der Waals surface area contributed by atoms with Crippen molar-refractivity contribution < 1.29 is 17.5 Å². The molecule has 0 spiro atoms. The first-order chi connectivity index (χ1) is 11.6. The number of hydrogen-bond donors (Lipinski definition) is 6. The van der Waals surface area contributed by atoms with E-state index in [1.165, 1.54) is 0 Å². The molecular weight excluding hydrogens is 348 g/mol. The molecule has 10 nitrogen and oxygen atoms in total. The molecule has 2 rings (SSSR count). The van der Waals surface area contributed by atoms with Crippen molar-refractivity contribution >= 4 is 33.7 Å². The fraction of sp³-hybridized carbons (Fsp3) is 0. The number of guanidine groups is 2. The second-order valence-corrected chi connectivity index (χ2v) is 5.09. The third-order valence-corrected chi connectivity index (χ3v) is 2.03. The largest absolute Gasteiger partial charge is 0.394 e. The van der Waals surface area contributed by atoms with Crippen molar-refractivity contribution in [3.05, 3.63) is 60.7 Å². The van der Waals surface area contributed by atoms with Gasteiger partial charge < -0.3 is 22.9 Å². The lowest BCUT2D eigenvalue weighted by molar-refractivity contribution is 0.381. The maximum absolute atomic E-state index is 8.74. The SMILES string of the molecule is NC(N)=Nc1ccccc1.NC(N)=Nc1ccccc1.O=S(=O)(O)O. The molecule has 0 atom stereocenters. The minimum absolute atomic E-state index is 0.0891. The van der Waals surface area contributed by atoms with E-state index in [2.05, 4.69) is 9.98 Å². The zero-order chi connectivity index (χ0) is 19.3. The maximum atomic E-state index is 8.74. The van der Waals surface area contributed by atoms with Crippen molar-refractivity contribution in [3.8, 4) is 0 Å². The number of rotatable bonds is 2. The first-order valence-electron chi connectivity index (χ1n) is 6.57. The number of nitrogens with two attached hydrogens (primary N) is 4. The molecule has 0 saturated heterocycles. The summed E-state index contributed by atoms with van der Waals surface area (Å²) in [5.74, 6) is 0.178. The zero-order valence-corrected chi connectivity index (χ0v) is 13.9. The Balaban J connectivity index is 0.000000368. The van der Waals surface area contributed by atoms with Gasteiger partial charge in [0.15, 0.2) is 11.9 Å². The Hall–Kier alpha value is -3.15. The minimum Gasteiger partial charge on any atom is -0.370 e. The molecule has 0 heterocycles. The minimum atomic E-state index is -4.67. The summed E-state index contributed by atoms with van der Waals surface area (Å²) in [4.78, 5) is 7.66. The van der Waals surface area contributed by atoms with Crippen LogP contribution in [0.1, 0.15) is 0 Å². The monoisotopic (exact) mass is 368 g/mol. The molecule has 0 fully saturated rings. The van der Waals surface area contributed by atoms with Crippen LogP contribution in [0.5, 0.6) is 0 Å². The van der Waals surface area contributed by atoms with Gasteiger partial charge in [0.05, 0.1) is 11.4 Å². The van der Waals surface area contributed by atoms with Crippen LogP contribution >= 0.6 is 0 Å². The lowest BCUT2D eigenvalue weighted by Crippen LogP contribution is -2.21. The van der Waals surface area contributed by atoms with E-state index in [0.29, 0.717) is 0 Å². The van der Waals surface area contributed by atoms with Gasteiger partial charge in [-0.15, -0.1) is 0 Å². The van der Waals surface area contributed by atoms with Gasteiger partial charge in [-0.2, -0.15) is 8.42 Å². The predicted octanol–water partition coefficient (Wildman–Crippen LogP) is 0.530. The van der Waals surface area contributed by atoms with E-state index in [-0.39, 0.29) is 11.9 Å². The summed E-state index contributed by atoms with van der Waals surface area (Å²) >= 11 is 0. The fourth-order valence-corrected chi connectivity index (χ4v) is 1.30. The maximum Gasteiger partial charge on any atom is 0.394 e. The topological polar surface area (TPSA) is 203 Å². The fourth-order valence-electron chi connectivity index (χ4n) is 1.30. The van der Waals surface area contributed by atoms with Gasteiger partial charge in [0.1, 0.15) is 0 Å². The zero-order valence-electron chi connectivity index (χ0n) is 13.1. The Labute approximate surface area is 145 Å². The molecule has 0 aliphatic carbocycles. The molecule has 0 aliphatic rings.